The molecule has 0 spiro atoms. The molecule has 2 aromatic heterocycles. The number of piperidine rings is 1. The molecule has 0 radical (unpaired) electrons. The van der Waals surface area contributed by atoms with Crippen molar-refractivity contribution in [2.75, 3.05) is 20.2 Å². The molecule has 0 amide bonds. The van der Waals surface area contributed by atoms with Crippen LogP contribution >= 0.6 is 0 Å². The molecule has 1 saturated heterocycles. The summed E-state index contributed by atoms with van der Waals surface area (Å²) in [6, 6.07) is 7.55. The summed E-state index contributed by atoms with van der Waals surface area (Å²) in [6.07, 6.45) is 9.53. The molecule has 28 heavy (non-hydrogen) atoms. The molecule has 3 aromatic rings. The molecule has 0 bridgehead atoms. The van der Waals surface area contributed by atoms with Crippen LogP contribution in [-0.4, -0.2) is 44.6 Å². The van der Waals surface area contributed by atoms with Crippen LogP contribution in [0.4, 0.5) is 0 Å². The summed E-state index contributed by atoms with van der Waals surface area (Å²) >= 11 is 0. The normalized spacial score (nSPS) is 17.4. The molecule has 1 fully saturated rings. The number of hydrogen-bond acceptors (Lipinski definition) is 6. The highest BCUT2D eigenvalue weighted by Gasteiger charge is 2.24. The fourth-order valence-corrected chi connectivity index (χ4v) is 3.63. The van der Waals surface area contributed by atoms with Gasteiger partial charge in [0, 0.05) is 38.4 Å². The van der Waals surface area contributed by atoms with E-state index in [0.717, 1.165) is 38.2 Å². The Morgan fingerprint density at radius 2 is 1.96 bits per heavy atom. The van der Waals surface area contributed by atoms with Gasteiger partial charge in [0.05, 0.1) is 31.0 Å². The predicted octanol–water partition coefficient (Wildman–Crippen LogP) is 3.39. The third kappa shape index (κ3) is 4.14. The summed E-state index contributed by atoms with van der Waals surface area (Å²) in [4.78, 5) is 15.8. The van der Waals surface area contributed by atoms with E-state index < -0.39 is 0 Å². The lowest BCUT2D eigenvalue weighted by Gasteiger charge is -2.32. The summed E-state index contributed by atoms with van der Waals surface area (Å²) in [5.74, 6) is 2.15. The highest BCUT2D eigenvalue weighted by molar-refractivity contribution is 5.41. The molecule has 7 nitrogen and oxygen atoms in total. The monoisotopic (exact) mass is 379 g/mol. The van der Waals surface area contributed by atoms with Gasteiger partial charge in [-0.1, -0.05) is 12.1 Å². The summed E-state index contributed by atoms with van der Waals surface area (Å²) < 4.78 is 13.4. The molecular formula is C21H25N5O2. The van der Waals surface area contributed by atoms with Gasteiger partial charge >= 0.3 is 0 Å². The van der Waals surface area contributed by atoms with E-state index in [1.807, 2.05) is 50.0 Å². The average Bonchev–Trinajstić information content (AvgIpc) is 3.13. The number of benzene rings is 1. The summed E-state index contributed by atoms with van der Waals surface area (Å²) in [6.45, 7) is 2.95. The molecule has 1 aliphatic rings. The number of methoxy groups -OCH3 is 1. The van der Waals surface area contributed by atoms with Gasteiger partial charge in [0.15, 0.2) is 11.5 Å². The smallest absolute Gasteiger partial charge is 0.238 e. The minimum atomic E-state index is 0.343. The molecule has 1 aliphatic heterocycles. The number of hydrogen-bond donors (Lipinski definition) is 0. The lowest BCUT2D eigenvalue weighted by Crippen LogP contribution is -2.34. The lowest BCUT2D eigenvalue weighted by molar-refractivity contribution is 0.194. The van der Waals surface area contributed by atoms with Gasteiger partial charge in [0.2, 0.25) is 5.88 Å². The number of aryl methyl sites for hydroxylation is 1. The Balaban J connectivity index is 1.47. The van der Waals surface area contributed by atoms with Crippen LogP contribution in [-0.2, 0) is 13.6 Å². The Morgan fingerprint density at radius 3 is 2.75 bits per heavy atom. The highest BCUT2D eigenvalue weighted by Crippen LogP contribution is 2.31. The van der Waals surface area contributed by atoms with Gasteiger partial charge in [-0.05, 0) is 31.5 Å². The van der Waals surface area contributed by atoms with Gasteiger partial charge in [-0.3, -0.25) is 9.88 Å². The number of para-hydroxylation sites is 2. The molecule has 0 aliphatic carbocycles. The third-order valence-electron chi connectivity index (χ3n) is 5.14. The van der Waals surface area contributed by atoms with Crippen LogP contribution < -0.4 is 9.47 Å². The van der Waals surface area contributed by atoms with E-state index in [1.54, 1.807) is 13.3 Å². The van der Waals surface area contributed by atoms with Gasteiger partial charge in [-0.25, -0.2) is 9.97 Å². The molecule has 0 saturated carbocycles. The third-order valence-corrected chi connectivity index (χ3v) is 5.14. The van der Waals surface area contributed by atoms with Gasteiger partial charge in [0.25, 0.3) is 0 Å². The van der Waals surface area contributed by atoms with E-state index in [1.165, 1.54) is 5.69 Å². The van der Waals surface area contributed by atoms with Crippen LogP contribution in [0.3, 0.4) is 0 Å². The van der Waals surface area contributed by atoms with Crippen molar-refractivity contribution in [1.82, 2.24) is 24.4 Å². The Morgan fingerprint density at radius 1 is 1.11 bits per heavy atom. The molecule has 7 heteroatoms. The zero-order valence-corrected chi connectivity index (χ0v) is 16.3. The van der Waals surface area contributed by atoms with Gasteiger partial charge in [-0.15, -0.1) is 0 Å². The van der Waals surface area contributed by atoms with Crippen LogP contribution in [0.5, 0.6) is 17.4 Å². The standard InChI is InChI=1S/C21H25N5O2/c1-25-15-23-10-17(25)14-26-9-5-6-16(13-26)18-11-22-12-21(24-18)28-20-8-4-3-7-19(20)27-2/h3-4,7-8,10-12,15-16H,5-6,9,13-14H2,1-2H3/t16-/m0/s1. The maximum absolute atomic E-state index is 5.94. The predicted molar refractivity (Wildman–Crippen MR) is 106 cm³/mol. The van der Waals surface area contributed by atoms with E-state index in [-0.39, 0.29) is 0 Å². The van der Waals surface area contributed by atoms with Crippen LogP contribution in [0.1, 0.15) is 30.1 Å². The zero-order valence-electron chi connectivity index (χ0n) is 16.3. The SMILES string of the molecule is COc1ccccc1Oc1cncc([C@H]2CCCN(Cc3cncn3C)C2)n1. The molecular weight excluding hydrogens is 354 g/mol. The Hall–Kier alpha value is -2.93. The maximum atomic E-state index is 5.94. The van der Waals surface area contributed by atoms with Crippen LogP contribution in [0.2, 0.25) is 0 Å². The molecule has 1 atom stereocenters. The largest absolute Gasteiger partial charge is 0.493 e. The molecule has 146 valence electrons. The first-order valence-electron chi connectivity index (χ1n) is 9.53. The highest BCUT2D eigenvalue weighted by atomic mass is 16.5. The van der Waals surface area contributed by atoms with E-state index in [2.05, 4.69) is 19.4 Å². The van der Waals surface area contributed by atoms with Gasteiger partial charge in [0.1, 0.15) is 0 Å². The van der Waals surface area contributed by atoms with E-state index >= 15 is 0 Å². The summed E-state index contributed by atoms with van der Waals surface area (Å²) in [5, 5.41) is 0. The second-order valence-corrected chi connectivity index (χ2v) is 7.11. The first kappa shape index (κ1) is 18.4. The number of aromatic nitrogens is 4. The molecule has 1 aromatic carbocycles. The number of ether oxygens (including phenoxy) is 2. The summed E-state index contributed by atoms with van der Waals surface area (Å²) in [7, 11) is 3.66. The van der Waals surface area contributed by atoms with Crippen molar-refractivity contribution in [2.45, 2.75) is 25.3 Å². The molecule has 0 unspecified atom stereocenters. The minimum Gasteiger partial charge on any atom is -0.493 e. The van der Waals surface area contributed by atoms with E-state index in [9.17, 15) is 0 Å². The van der Waals surface area contributed by atoms with Crippen LogP contribution in [0.15, 0.2) is 49.2 Å². The van der Waals surface area contributed by atoms with Crippen molar-refractivity contribution >= 4 is 0 Å². The number of likely N-dealkylation sites (tertiary alicyclic amines) is 1. The minimum absolute atomic E-state index is 0.343. The number of nitrogens with zero attached hydrogens (tertiary/aromatic N) is 5. The lowest BCUT2D eigenvalue weighted by atomic mass is 9.95. The van der Waals surface area contributed by atoms with Crippen molar-refractivity contribution in [3.8, 4) is 17.4 Å². The molecule has 3 heterocycles. The van der Waals surface area contributed by atoms with Crippen molar-refractivity contribution < 1.29 is 9.47 Å². The van der Waals surface area contributed by atoms with Crippen LogP contribution in [0.25, 0.3) is 0 Å². The van der Waals surface area contributed by atoms with Gasteiger partial charge < -0.3 is 14.0 Å². The fourth-order valence-electron chi connectivity index (χ4n) is 3.63. The topological polar surface area (TPSA) is 65.3 Å². The first-order valence-corrected chi connectivity index (χ1v) is 9.53. The second-order valence-electron chi connectivity index (χ2n) is 7.11. The van der Waals surface area contributed by atoms with Crippen molar-refractivity contribution in [2.24, 2.45) is 7.05 Å². The maximum Gasteiger partial charge on any atom is 0.238 e. The molecule has 4 rings (SSSR count). The first-order chi connectivity index (χ1) is 13.7. The molecule has 0 N–H and O–H groups in total. The second kappa shape index (κ2) is 8.39. The Bertz CT molecular complexity index is 926. The summed E-state index contributed by atoms with van der Waals surface area (Å²) in [5.41, 5.74) is 2.20. The Labute approximate surface area is 165 Å². The van der Waals surface area contributed by atoms with Gasteiger partial charge in [-0.2, -0.15) is 0 Å². The van der Waals surface area contributed by atoms with Crippen LogP contribution in [0, 0.1) is 0 Å². The quantitative estimate of drug-likeness (QED) is 0.654. The number of rotatable bonds is 6. The number of imidazole rings is 1. The van der Waals surface area contributed by atoms with Crippen molar-refractivity contribution in [1.29, 1.82) is 0 Å². The fraction of sp³-hybridized carbons (Fsp3) is 0.381. The van der Waals surface area contributed by atoms with Crippen molar-refractivity contribution in [3.05, 3.63) is 60.6 Å². The average molecular weight is 379 g/mol. The van der Waals surface area contributed by atoms with Crippen molar-refractivity contribution in [3.63, 3.8) is 0 Å². The van der Waals surface area contributed by atoms with E-state index in [0.29, 0.717) is 23.3 Å². The zero-order chi connectivity index (χ0) is 19.3. The van der Waals surface area contributed by atoms with E-state index in [4.69, 9.17) is 14.5 Å². The Kier molecular flexibility index (Phi) is 5.53.